The summed E-state index contributed by atoms with van der Waals surface area (Å²) >= 11 is 0. The first-order chi connectivity index (χ1) is 12.4. The minimum absolute atomic E-state index is 0.0971. The number of alkyl halides is 2. The summed E-state index contributed by atoms with van der Waals surface area (Å²) in [6, 6.07) is 15.6. The number of carbonyl (C=O) groups is 1. The Morgan fingerprint density at radius 1 is 1.04 bits per heavy atom. The molecule has 26 heavy (non-hydrogen) atoms. The number of aryl methyl sites for hydroxylation is 2. The zero-order valence-corrected chi connectivity index (χ0v) is 15.2. The average molecular weight is 358 g/mol. The minimum Gasteiger partial charge on any atom is -0.355 e. The van der Waals surface area contributed by atoms with Crippen molar-refractivity contribution in [1.82, 2.24) is 10.3 Å². The van der Waals surface area contributed by atoms with E-state index in [1.807, 2.05) is 37.3 Å². The summed E-state index contributed by atoms with van der Waals surface area (Å²) in [6.45, 7) is 5.42. The number of H-pyrrole nitrogens is 1. The van der Waals surface area contributed by atoms with Crippen molar-refractivity contribution < 1.29 is 13.6 Å². The van der Waals surface area contributed by atoms with Crippen molar-refractivity contribution in [3.63, 3.8) is 0 Å². The van der Waals surface area contributed by atoms with Crippen LogP contribution >= 0.6 is 0 Å². The van der Waals surface area contributed by atoms with E-state index in [2.05, 4.69) is 10.3 Å². The molecular formula is C21H24F2N2O. The molecule has 138 valence electrons. The Morgan fingerprint density at radius 2 is 1.73 bits per heavy atom. The van der Waals surface area contributed by atoms with Crippen LogP contribution in [-0.2, 0) is 0 Å². The van der Waals surface area contributed by atoms with Crippen LogP contribution in [0.25, 0.3) is 0 Å². The fraction of sp³-hybridized carbons (Fsp3) is 0.286. The average Bonchev–Trinajstić information content (AvgIpc) is 2.69. The summed E-state index contributed by atoms with van der Waals surface area (Å²) in [7, 11) is 0. The minimum atomic E-state index is -2.58. The van der Waals surface area contributed by atoms with Gasteiger partial charge < -0.3 is 10.3 Å². The van der Waals surface area contributed by atoms with Gasteiger partial charge in [-0.1, -0.05) is 49.4 Å². The number of aromatic nitrogens is 1. The SMILES string of the molecule is CC[C@@H](NC(=O)c1cc(C)ccc(C(F)F)cc(C)[nH]1)c1ccccc1. The third kappa shape index (κ3) is 5.41. The van der Waals surface area contributed by atoms with Gasteiger partial charge >= 0.3 is 0 Å². The first kappa shape index (κ1) is 19.6. The predicted molar refractivity (Wildman–Crippen MR) is 99.8 cm³/mol. The molecule has 1 aromatic carbocycles. The Hall–Kier alpha value is -2.69. The molecule has 1 amide bonds. The third-order valence-electron chi connectivity index (χ3n) is 4.04. The lowest BCUT2D eigenvalue weighted by Gasteiger charge is -2.17. The summed E-state index contributed by atoms with van der Waals surface area (Å²) in [4.78, 5) is 15.7. The molecule has 2 rings (SSSR count). The topological polar surface area (TPSA) is 44.9 Å². The number of aromatic amines is 1. The van der Waals surface area contributed by atoms with Gasteiger partial charge in [0.2, 0.25) is 0 Å². The van der Waals surface area contributed by atoms with Crippen molar-refractivity contribution in [2.24, 2.45) is 0 Å². The monoisotopic (exact) mass is 358 g/mol. The molecule has 1 aromatic heterocycles. The lowest BCUT2D eigenvalue weighted by atomic mass is 10.0. The molecule has 5 heteroatoms. The predicted octanol–water partition coefficient (Wildman–Crippen LogP) is 5.57. The highest BCUT2D eigenvalue weighted by Crippen LogP contribution is 2.19. The van der Waals surface area contributed by atoms with Gasteiger partial charge in [-0.05, 0) is 43.5 Å². The second-order valence-electron chi connectivity index (χ2n) is 6.23. The molecule has 0 saturated carbocycles. The summed E-state index contributed by atoms with van der Waals surface area (Å²) in [5, 5.41) is 3.01. The lowest BCUT2D eigenvalue weighted by molar-refractivity contribution is 0.0930. The van der Waals surface area contributed by atoms with Crippen LogP contribution in [0.3, 0.4) is 0 Å². The normalized spacial score (nSPS) is 11.8. The maximum absolute atomic E-state index is 13.1. The number of hydrogen-bond donors (Lipinski definition) is 2. The molecule has 0 aliphatic carbocycles. The zero-order valence-electron chi connectivity index (χ0n) is 15.2. The zero-order chi connectivity index (χ0) is 19.1. The first-order valence-electron chi connectivity index (χ1n) is 8.60. The van der Waals surface area contributed by atoms with Crippen LogP contribution < -0.4 is 5.32 Å². The van der Waals surface area contributed by atoms with Crippen LogP contribution in [0.4, 0.5) is 8.78 Å². The molecule has 1 heterocycles. The molecule has 0 aliphatic heterocycles. The maximum Gasteiger partial charge on any atom is 0.268 e. The molecular weight excluding hydrogens is 334 g/mol. The molecule has 0 bridgehead atoms. The number of carbonyl (C=O) groups excluding carboxylic acids is 1. The van der Waals surface area contributed by atoms with Crippen LogP contribution in [0, 0.1) is 13.8 Å². The van der Waals surface area contributed by atoms with E-state index in [1.165, 1.54) is 12.1 Å². The molecule has 0 aliphatic rings. The third-order valence-corrected chi connectivity index (χ3v) is 4.04. The van der Waals surface area contributed by atoms with Crippen LogP contribution in [0.1, 0.15) is 58.7 Å². The fourth-order valence-corrected chi connectivity index (χ4v) is 2.69. The highest BCUT2D eigenvalue weighted by atomic mass is 19.3. The number of hydrogen-bond acceptors (Lipinski definition) is 1. The molecule has 0 unspecified atom stereocenters. The first-order valence-corrected chi connectivity index (χ1v) is 8.60. The maximum atomic E-state index is 13.1. The summed E-state index contributed by atoms with van der Waals surface area (Å²) in [5.74, 6) is -0.276. The van der Waals surface area contributed by atoms with E-state index in [1.54, 1.807) is 26.0 Å². The van der Waals surface area contributed by atoms with Gasteiger partial charge in [0.25, 0.3) is 12.3 Å². The summed E-state index contributed by atoms with van der Waals surface area (Å²) in [6.07, 6.45) is -1.84. The van der Waals surface area contributed by atoms with E-state index in [-0.39, 0.29) is 17.5 Å². The van der Waals surface area contributed by atoms with E-state index in [0.717, 1.165) is 12.0 Å². The van der Waals surface area contributed by atoms with Crippen molar-refractivity contribution in [3.8, 4) is 0 Å². The van der Waals surface area contributed by atoms with Gasteiger partial charge in [-0.15, -0.1) is 0 Å². The highest BCUT2D eigenvalue weighted by Gasteiger charge is 2.14. The second kappa shape index (κ2) is 9.13. The Kier molecular flexibility index (Phi) is 6.89. The number of nitrogens with one attached hydrogen (secondary N) is 2. The van der Waals surface area contributed by atoms with E-state index in [4.69, 9.17) is 0 Å². The smallest absolute Gasteiger partial charge is 0.268 e. The second-order valence-corrected chi connectivity index (χ2v) is 6.23. The van der Waals surface area contributed by atoms with E-state index < -0.39 is 6.43 Å². The van der Waals surface area contributed by atoms with Gasteiger partial charge in [0.15, 0.2) is 0 Å². The van der Waals surface area contributed by atoms with Gasteiger partial charge in [-0.2, -0.15) is 0 Å². The Bertz CT molecular complexity index is 799. The number of rotatable bonds is 5. The van der Waals surface area contributed by atoms with Gasteiger partial charge in [0.1, 0.15) is 5.69 Å². The molecule has 0 radical (unpaired) electrons. The fourth-order valence-electron chi connectivity index (χ4n) is 2.69. The molecule has 2 N–H and O–H groups in total. The number of amides is 1. The number of halogens is 2. The van der Waals surface area contributed by atoms with Crippen molar-refractivity contribution >= 4 is 5.91 Å². The van der Waals surface area contributed by atoms with E-state index >= 15 is 0 Å². The van der Waals surface area contributed by atoms with Crippen molar-refractivity contribution in [2.75, 3.05) is 0 Å². The van der Waals surface area contributed by atoms with Gasteiger partial charge in [-0.3, -0.25) is 4.79 Å². The molecule has 2 aromatic rings. The lowest BCUT2D eigenvalue weighted by Crippen LogP contribution is -2.28. The van der Waals surface area contributed by atoms with Crippen molar-refractivity contribution in [1.29, 1.82) is 0 Å². The van der Waals surface area contributed by atoms with Crippen LogP contribution in [0.15, 0.2) is 54.6 Å². The summed E-state index contributed by atoms with van der Waals surface area (Å²) in [5.41, 5.74) is 2.43. The molecule has 0 spiro atoms. The quantitative estimate of drug-likeness (QED) is 0.720. The Morgan fingerprint density at radius 3 is 2.35 bits per heavy atom. The van der Waals surface area contributed by atoms with Gasteiger partial charge in [0, 0.05) is 11.3 Å². The van der Waals surface area contributed by atoms with Crippen molar-refractivity contribution in [2.45, 2.75) is 39.7 Å². The van der Waals surface area contributed by atoms with Gasteiger partial charge in [-0.25, -0.2) is 8.78 Å². The highest BCUT2D eigenvalue weighted by molar-refractivity contribution is 5.92. The standard InChI is InChI=1S/C21H24F2N2O/c1-4-18(16-8-6-5-7-9-16)25-21(26)19-12-14(2)10-11-17(20(22)23)13-15(3)24-19/h5-13,18,20,24H,4H2,1-3H3,(H,25,26)/t18-/m1/s1. The van der Waals surface area contributed by atoms with Crippen LogP contribution in [-0.4, -0.2) is 10.9 Å². The van der Waals surface area contributed by atoms with Gasteiger partial charge in [0.05, 0.1) is 6.04 Å². The van der Waals surface area contributed by atoms with Crippen molar-refractivity contribution in [3.05, 3.63) is 82.7 Å². The van der Waals surface area contributed by atoms with Crippen LogP contribution in [0.2, 0.25) is 0 Å². The molecule has 0 saturated heterocycles. The largest absolute Gasteiger partial charge is 0.355 e. The van der Waals surface area contributed by atoms with E-state index in [9.17, 15) is 13.6 Å². The molecule has 1 atom stereocenters. The summed E-state index contributed by atoms with van der Waals surface area (Å²) < 4.78 is 26.1. The molecule has 0 fully saturated rings. The van der Waals surface area contributed by atoms with Crippen LogP contribution in [0.5, 0.6) is 0 Å². The molecule has 3 nitrogen and oxygen atoms in total. The number of benzene rings is 1. The Labute approximate surface area is 152 Å². The Balaban J connectivity index is 2.38. The van der Waals surface area contributed by atoms with E-state index in [0.29, 0.717) is 17.0 Å².